The van der Waals surface area contributed by atoms with Crippen molar-refractivity contribution < 1.29 is 10.1 Å². The first-order chi connectivity index (χ1) is 6.61. The molecule has 4 heteroatoms. The standard InChI is InChI=1S/C10H16N2O2/c1-11(13)9-7-4-3-5-8(6-7)10(9)12(2)14/h3-4,6,8-12H,5H2,1-2H3. The average molecular weight is 196 g/mol. The fourth-order valence-corrected chi connectivity index (χ4v) is 2.67. The first-order valence-corrected chi connectivity index (χ1v) is 5.00. The second-order valence-electron chi connectivity index (χ2n) is 4.19. The van der Waals surface area contributed by atoms with Crippen molar-refractivity contribution in [1.82, 2.24) is 0 Å². The van der Waals surface area contributed by atoms with Crippen LogP contribution in [0.25, 0.3) is 0 Å². The minimum atomic E-state index is -0.170. The smallest absolute Gasteiger partial charge is 0.166 e. The minimum absolute atomic E-state index is 0.0995. The fraction of sp³-hybridized carbons (Fsp3) is 0.600. The van der Waals surface area contributed by atoms with Gasteiger partial charge in [0.2, 0.25) is 0 Å². The van der Waals surface area contributed by atoms with Gasteiger partial charge in [-0.1, -0.05) is 18.2 Å². The van der Waals surface area contributed by atoms with Gasteiger partial charge in [0, 0.05) is 11.5 Å². The molecule has 0 aliphatic heterocycles. The van der Waals surface area contributed by atoms with E-state index in [1.807, 2.05) is 6.08 Å². The predicted octanol–water partition coefficient (Wildman–Crippen LogP) is -1.74. The molecule has 5 atom stereocenters. The van der Waals surface area contributed by atoms with Gasteiger partial charge in [-0.05, 0) is 6.42 Å². The monoisotopic (exact) mass is 196 g/mol. The van der Waals surface area contributed by atoms with Crippen molar-refractivity contribution in [3.63, 3.8) is 0 Å². The summed E-state index contributed by atoms with van der Waals surface area (Å²) >= 11 is 0. The number of likely N-dealkylation sites (N-methyl/N-ethyl adjacent to an activating group) is 2. The molecule has 2 rings (SSSR count). The van der Waals surface area contributed by atoms with Gasteiger partial charge in [-0.15, -0.1) is 0 Å². The lowest BCUT2D eigenvalue weighted by atomic mass is 9.98. The number of fused-ring (bicyclic) bond motifs is 1. The Bertz CT molecular complexity index is 284. The highest BCUT2D eigenvalue weighted by atomic mass is 16.5. The maximum absolute atomic E-state index is 11.5. The second-order valence-corrected chi connectivity index (χ2v) is 4.19. The summed E-state index contributed by atoms with van der Waals surface area (Å²) in [5, 5.41) is 23.2. The SMILES string of the molecule is C[NH+]([O-])C1C2=CC(CC=C2)C1[NH+](C)[O-]. The molecule has 78 valence electrons. The van der Waals surface area contributed by atoms with Crippen molar-refractivity contribution in [2.75, 3.05) is 14.1 Å². The molecule has 5 unspecified atom stereocenters. The van der Waals surface area contributed by atoms with E-state index in [9.17, 15) is 10.4 Å². The van der Waals surface area contributed by atoms with E-state index >= 15 is 0 Å². The Labute approximate surface area is 83.6 Å². The highest BCUT2D eigenvalue weighted by Crippen LogP contribution is 2.29. The van der Waals surface area contributed by atoms with Gasteiger partial charge >= 0.3 is 0 Å². The van der Waals surface area contributed by atoms with Crippen molar-refractivity contribution in [1.29, 1.82) is 0 Å². The van der Waals surface area contributed by atoms with E-state index in [0.717, 1.165) is 12.0 Å². The summed E-state index contributed by atoms with van der Waals surface area (Å²) in [6.45, 7) is 0. The molecule has 0 heterocycles. The molecular weight excluding hydrogens is 180 g/mol. The highest BCUT2D eigenvalue weighted by Gasteiger charge is 2.44. The molecule has 4 nitrogen and oxygen atoms in total. The molecule has 0 aromatic rings. The second kappa shape index (κ2) is 3.47. The maximum Gasteiger partial charge on any atom is 0.166 e. The molecule has 0 saturated carbocycles. The third kappa shape index (κ3) is 1.40. The average Bonchev–Trinajstić information content (AvgIpc) is 2.37. The van der Waals surface area contributed by atoms with Gasteiger partial charge in [0.25, 0.3) is 0 Å². The van der Waals surface area contributed by atoms with E-state index in [1.54, 1.807) is 14.1 Å². The summed E-state index contributed by atoms with van der Waals surface area (Å²) in [5.74, 6) is 0.265. The lowest BCUT2D eigenvalue weighted by Gasteiger charge is -2.36. The topological polar surface area (TPSA) is 55.0 Å². The quantitative estimate of drug-likeness (QED) is 0.515. The van der Waals surface area contributed by atoms with Crippen molar-refractivity contribution >= 4 is 0 Å². The molecule has 0 spiro atoms. The van der Waals surface area contributed by atoms with Gasteiger partial charge in [-0.2, -0.15) is 0 Å². The Balaban J connectivity index is 2.27. The normalized spacial score (nSPS) is 39.4. The molecular formula is C10H16N2O2. The zero-order valence-corrected chi connectivity index (χ0v) is 8.49. The van der Waals surface area contributed by atoms with Crippen LogP contribution in [0.5, 0.6) is 0 Å². The van der Waals surface area contributed by atoms with Crippen LogP contribution in [0.1, 0.15) is 6.42 Å². The van der Waals surface area contributed by atoms with Crippen LogP contribution < -0.4 is 10.1 Å². The number of hydroxylamine groups is 4. The number of hydrogen-bond acceptors (Lipinski definition) is 2. The van der Waals surface area contributed by atoms with Gasteiger partial charge < -0.3 is 20.5 Å². The molecule has 2 aliphatic rings. The zero-order chi connectivity index (χ0) is 10.3. The Morgan fingerprint density at radius 3 is 2.57 bits per heavy atom. The Hall–Kier alpha value is -0.680. The van der Waals surface area contributed by atoms with Gasteiger partial charge in [-0.3, -0.25) is 0 Å². The molecule has 0 fully saturated rings. The molecule has 14 heavy (non-hydrogen) atoms. The van der Waals surface area contributed by atoms with Gasteiger partial charge in [0.1, 0.15) is 0 Å². The minimum Gasteiger partial charge on any atom is -0.634 e. The first kappa shape index (κ1) is 9.86. The summed E-state index contributed by atoms with van der Waals surface area (Å²) in [6.07, 6.45) is 7.06. The summed E-state index contributed by atoms with van der Waals surface area (Å²) in [7, 11) is 3.17. The van der Waals surface area contributed by atoms with Crippen molar-refractivity contribution in [2.45, 2.75) is 18.5 Å². The lowest BCUT2D eigenvalue weighted by Crippen LogP contribution is -3.20. The molecule has 0 aromatic carbocycles. The van der Waals surface area contributed by atoms with Gasteiger partial charge in [-0.25, -0.2) is 0 Å². The largest absolute Gasteiger partial charge is 0.634 e. The number of quaternary nitrogens is 2. The summed E-state index contributed by atoms with van der Waals surface area (Å²) in [6, 6.07) is -0.270. The summed E-state index contributed by atoms with van der Waals surface area (Å²) < 4.78 is 0. The molecule has 0 saturated heterocycles. The van der Waals surface area contributed by atoms with Crippen molar-refractivity contribution in [3.8, 4) is 0 Å². The Morgan fingerprint density at radius 2 is 2.00 bits per heavy atom. The Morgan fingerprint density at radius 1 is 1.29 bits per heavy atom. The summed E-state index contributed by atoms with van der Waals surface area (Å²) in [4.78, 5) is 0. The van der Waals surface area contributed by atoms with Gasteiger partial charge in [0.15, 0.2) is 12.1 Å². The number of hydrogen-bond donors (Lipinski definition) is 2. The van der Waals surface area contributed by atoms with Crippen LogP contribution >= 0.6 is 0 Å². The molecule has 2 N–H and O–H groups in total. The zero-order valence-electron chi connectivity index (χ0n) is 8.49. The van der Waals surface area contributed by atoms with Crippen LogP contribution in [-0.4, -0.2) is 26.2 Å². The van der Waals surface area contributed by atoms with Crippen molar-refractivity contribution in [3.05, 3.63) is 34.2 Å². The first-order valence-electron chi connectivity index (χ1n) is 5.00. The van der Waals surface area contributed by atoms with E-state index in [0.29, 0.717) is 0 Å². The highest BCUT2D eigenvalue weighted by molar-refractivity contribution is 5.34. The van der Waals surface area contributed by atoms with E-state index in [1.165, 1.54) is 0 Å². The lowest BCUT2D eigenvalue weighted by molar-refractivity contribution is -0.926. The van der Waals surface area contributed by atoms with E-state index < -0.39 is 0 Å². The molecule has 2 aliphatic carbocycles. The Kier molecular flexibility index (Phi) is 2.45. The predicted molar refractivity (Wildman–Crippen MR) is 53.4 cm³/mol. The van der Waals surface area contributed by atoms with Crippen LogP contribution in [0.4, 0.5) is 0 Å². The molecule has 2 bridgehead atoms. The number of allylic oxidation sites excluding steroid dienone is 1. The van der Waals surface area contributed by atoms with Crippen LogP contribution in [0.2, 0.25) is 0 Å². The van der Waals surface area contributed by atoms with Crippen LogP contribution in [0, 0.1) is 16.3 Å². The maximum atomic E-state index is 11.5. The number of nitrogens with one attached hydrogen (secondary N) is 2. The van der Waals surface area contributed by atoms with E-state index in [2.05, 4.69) is 12.2 Å². The van der Waals surface area contributed by atoms with E-state index in [-0.39, 0.29) is 28.1 Å². The van der Waals surface area contributed by atoms with E-state index in [4.69, 9.17) is 0 Å². The van der Waals surface area contributed by atoms with Crippen LogP contribution in [-0.2, 0) is 0 Å². The summed E-state index contributed by atoms with van der Waals surface area (Å²) in [5.41, 5.74) is 1.05. The van der Waals surface area contributed by atoms with Gasteiger partial charge in [0.05, 0.1) is 14.1 Å². The molecule has 0 aromatic heterocycles. The fourth-order valence-electron chi connectivity index (χ4n) is 2.67. The number of rotatable bonds is 2. The third-order valence-corrected chi connectivity index (χ3v) is 3.21. The van der Waals surface area contributed by atoms with Crippen molar-refractivity contribution in [2.24, 2.45) is 5.92 Å². The molecule has 0 radical (unpaired) electrons. The van der Waals surface area contributed by atoms with Crippen LogP contribution in [0.3, 0.4) is 0 Å². The van der Waals surface area contributed by atoms with Crippen LogP contribution in [0.15, 0.2) is 23.8 Å². The third-order valence-electron chi connectivity index (χ3n) is 3.21. The molecule has 0 amide bonds.